The van der Waals surface area contributed by atoms with Gasteiger partial charge < -0.3 is 4.57 Å². The predicted octanol–water partition coefficient (Wildman–Crippen LogP) is 3.32. The van der Waals surface area contributed by atoms with E-state index in [0.717, 1.165) is 12.8 Å². The van der Waals surface area contributed by atoms with E-state index in [0.29, 0.717) is 23.7 Å². The molecule has 1 heterocycles. The lowest BCUT2D eigenvalue weighted by Crippen LogP contribution is -2.31. The van der Waals surface area contributed by atoms with Gasteiger partial charge in [0.25, 0.3) is 11.5 Å². The van der Waals surface area contributed by atoms with Crippen LogP contribution in [0.3, 0.4) is 0 Å². The van der Waals surface area contributed by atoms with Crippen molar-refractivity contribution in [3.05, 3.63) is 64.3 Å². The highest BCUT2D eigenvalue weighted by atomic mass is 19.1. The fourth-order valence-corrected chi connectivity index (χ4v) is 3.22. The van der Waals surface area contributed by atoms with Gasteiger partial charge in [-0.25, -0.2) is 4.39 Å². The van der Waals surface area contributed by atoms with Crippen LogP contribution in [0.1, 0.15) is 42.5 Å². The number of nitrogens with zero attached hydrogens (tertiary/aromatic N) is 1. The first kappa shape index (κ1) is 17.2. The molecule has 6 heteroatoms. The van der Waals surface area contributed by atoms with E-state index in [9.17, 15) is 14.0 Å². The van der Waals surface area contributed by atoms with Gasteiger partial charge >= 0.3 is 0 Å². The first-order valence-corrected chi connectivity index (χ1v) is 8.64. The van der Waals surface area contributed by atoms with Crippen LogP contribution < -0.4 is 16.4 Å². The Balaban J connectivity index is 1.65. The lowest BCUT2D eigenvalue weighted by atomic mass is 9.89. The molecule has 1 aromatic carbocycles. The normalized spacial score (nSPS) is 14.9. The number of halogens is 1. The van der Waals surface area contributed by atoms with Gasteiger partial charge in [-0.3, -0.25) is 20.4 Å². The summed E-state index contributed by atoms with van der Waals surface area (Å²) in [6.45, 7) is 0.650. The standard InChI is InChI=1S/C19H22FN3O2/c20-16-7-4-8-17(11-16)21-22-19(25)15-9-10-18(24)23(13-15)12-14-5-2-1-3-6-14/h4,7-11,13-14,21H,1-3,5-6,12H2,(H,22,25). The Morgan fingerprint density at radius 2 is 1.96 bits per heavy atom. The second-order valence-electron chi connectivity index (χ2n) is 6.50. The van der Waals surface area contributed by atoms with Crippen LogP contribution in [0.25, 0.3) is 0 Å². The molecule has 1 fully saturated rings. The maximum absolute atomic E-state index is 13.1. The minimum Gasteiger partial charge on any atom is -0.314 e. The number of aromatic nitrogens is 1. The summed E-state index contributed by atoms with van der Waals surface area (Å²) in [6, 6.07) is 8.72. The van der Waals surface area contributed by atoms with Crippen molar-refractivity contribution in [2.75, 3.05) is 5.43 Å². The molecule has 132 valence electrons. The van der Waals surface area contributed by atoms with Crippen LogP contribution in [0, 0.1) is 11.7 Å². The number of pyridine rings is 1. The first-order valence-electron chi connectivity index (χ1n) is 8.64. The lowest BCUT2D eigenvalue weighted by molar-refractivity contribution is 0.0961. The molecular weight excluding hydrogens is 321 g/mol. The molecule has 2 aromatic rings. The number of amides is 1. The molecule has 0 atom stereocenters. The molecule has 1 saturated carbocycles. The average Bonchev–Trinajstić information content (AvgIpc) is 2.62. The van der Waals surface area contributed by atoms with Gasteiger partial charge in [0.1, 0.15) is 5.82 Å². The van der Waals surface area contributed by atoms with Gasteiger partial charge in [-0.1, -0.05) is 25.3 Å². The SMILES string of the molecule is O=C(NNc1cccc(F)c1)c1ccc(=O)n(CC2CCCCC2)c1. The number of hydrogen-bond acceptors (Lipinski definition) is 3. The summed E-state index contributed by atoms with van der Waals surface area (Å²) in [4.78, 5) is 24.3. The average molecular weight is 343 g/mol. The molecule has 0 spiro atoms. The number of rotatable bonds is 5. The smallest absolute Gasteiger partial charge is 0.271 e. The van der Waals surface area contributed by atoms with Crippen molar-refractivity contribution in [1.29, 1.82) is 0 Å². The van der Waals surface area contributed by atoms with Crippen molar-refractivity contribution >= 4 is 11.6 Å². The third kappa shape index (κ3) is 4.68. The highest BCUT2D eigenvalue weighted by Crippen LogP contribution is 2.24. The van der Waals surface area contributed by atoms with Crippen molar-refractivity contribution in [3.63, 3.8) is 0 Å². The van der Waals surface area contributed by atoms with Crippen LogP contribution in [0.4, 0.5) is 10.1 Å². The molecule has 3 rings (SSSR count). The topological polar surface area (TPSA) is 63.1 Å². The molecule has 2 N–H and O–H groups in total. The molecule has 1 aromatic heterocycles. The summed E-state index contributed by atoms with van der Waals surface area (Å²) in [5.74, 6) is -0.267. The maximum Gasteiger partial charge on any atom is 0.271 e. The minimum atomic E-state index is -0.389. The Labute approximate surface area is 145 Å². The molecular formula is C19H22FN3O2. The van der Waals surface area contributed by atoms with E-state index in [1.54, 1.807) is 22.9 Å². The zero-order valence-corrected chi connectivity index (χ0v) is 14.0. The predicted molar refractivity (Wildman–Crippen MR) is 94.8 cm³/mol. The van der Waals surface area contributed by atoms with E-state index in [4.69, 9.17) is 0 Å². The Kier molecular flexibility index (Phi) is 5.48. The highest BCUT2D eigenvalue weighted by molar-refractivity contribution is 5.94. The zero-order valence-electron chi connectivity index (χ0n) is 14.0. The number of hydrogen-bond donors (Lipinski definition) is 2. The van der Waals surface area contributed by atoms with Gasteiger partial charge in [0, 0.05) is 18.8 Å². The van der Waals surface area contributed by atoms with E-state index < -0.39 is 0 Å². The lowest BCUT2D eigenvalue weighted by Gasteiger charge is -2.22. The molecule has 1 aliphatic carbocycles. The third-order valence-electron chi connectivity index (χ3n) is 4.57. The minimum absolute atomic E-state index is 0.0970. The maximum atomic E-state index is 13.1. The molecule has 0 unspecified atom stereocenters. The molecule has 0 aliphatic heterocycles. The van der Waals surface area contributed by atoms with Crippen molar-refractivity contribution in [3.8, 4) is 0 Å². The van der Waals surface area contributed by atoms with Crippen LogP contribution >= 0.6 is 0 Å². The molecule has 1 aliphatic rings. The monoisotopic (exact) mass is 343 g/mol. The van der Waals surface area contributed by atoms with E-state index >= 15 is 0 Å². The number of hydrazine groups is 1. The van der Waals surface area contributed by atoms with Gasteiger partial charge in [-0.05, 0) is 43.0 Å². The summed E-state index contributed by atoms with van der Waals surface area (Å²) in [5, 5.41) is 0. The van der Waals surface area contributed by atoms with Crippen molar-refractivity contribution in [2.24, 2.45) is 5.92 Å². The van der Waals surface area contributed by atoms with Gasteiger partial charge in [0.2, 0.25) is 0 Å². The van der Waals surface area contributed by atoms with Crippen LogP contribution in [0.15, 0.2) is 47.4 Å². The summed E-state index contributed by atoms with van der Waals surface area (Å²) in [6.07, 6.45) is 7.53. The Morgan fingerprint density at radius 3 is 2.72 bits per heavy atom. The second-order valence-corrected chi connectivity index (χ2v) is 6.50. The zero-order chi connectivity index (χ0) is 17.6. The Bertz CT molecular complexity index is 797. The number of carbonyl (C=O) groups excluding carboxylic acids is 1. The van der Waals surface area contributed by atoms with Crippen molar-refractivity contribution < 1.29 is 9.18 Å². The van der Waals surface area contributed by atoms with Gasteiger partial charge in [-0.2, -0.15) is 0 Å². The molecule has 25 heavy (non-hydrogen) atoms. The Morgan fingerprint density at radius 1 is 1.16 bits per heavy atom. The molecule has 1 amide bonds. The quantitative estimate of drug-likeness (QED) is 0.819. The fourth-order valence-electron chi connectivity index (χ4n) is 3.22. The van der Waals surface area contributed by atoms with Crippen molar-refractivity contribution in [2.45, 2.75) is 38.6 Å². The van der Waals surface area contributed by atoms with Gasteiger partial charge in [-0.15, -0.1) is 0 Å². The van der Waals surface area contributed by atoms with E-state index in [2.05, 4.69) is 10.9 Å². The number of anilines is 1. The fraction of sp³-hybridized carbons (Fsp3) is 0.368. The summed E-state index contributed by atoms with van der Waals surface area (Å²) in [7, 11) is 0. The summed E-state index contributed by atoms with van der Waals surface area (Å²) >= 11 is 0. The molecule has 0 radical (unpaired) electrons. The molecule has 0 bridgehead atoms. The van der Waals surface area contributed by atoms with Gasteiger partial charge in [0.05, 0.1) is 11.3 Å². The molecule has 0 saturated heterocycles. The summed E-state index contributed by atoms with van der Waals surface area (Å²) < 4.78 is 14.8. The number of benzene rings is 1. The second kappa shape index (κ2) is 7.96. The van der Waals surface area contributed by atoms with Crippen LogP contribution in [0.2, 0.25) is 0 Å². The van der Waals surface area contributed by atoms with Crippen LogP contribution in [-0.4, -0.2) is 10.5 Å². The third-order valence-corrected chi connectivity index (χ3v) is 4.57. The van der Waals surface area contributed by atoms with Crippen LogP contribution in [0.5, 0.6) is 0 Å². The van der Waals surface area contributed by atoms with E-state index in [1.165, 1.54) is 43.5 Å². The van der Waals surface area contributed by atoms with E-state index in [-0.39, 0.29) is 17.3 Å². The van der Waals surface area contributed by atoms with Gasteiger partial charge in [0.15, 0.2) is 0 Å². The van der Waals surface area contributed by atoms with E-state index in [1.807, 2.05) is 0 Å². The first-order chi connectivity index (χ1) is 12.1. The Hall–Kier alpha value is -2.63. The van der Waals surface area contributed by atoms with Crippen molar-refractivity contribution in [1.82, 2.24) is 9.99 Å². The van der Waals surface area contributed by atoms with Crippen LogP contribution in [-0.2, 0) is 6.54 Å². The highest BCUT2D eigenvalue weighted by Gasteiger charge is 2.15. The number of nitrogens with one attached hydrogen (secondary N) is 2. The number of carbonyl (C=O) groups is 1. The summed E-state index contributed by atoms with van der Waals surface area (Å²) in [5.41, 5.74) is 5.93. The largest absolute Gasteiger partial charge is 0.314 e. The molecule has 5 nitrogen and oxygen atoms in total.